The van der Waals surface area contributed by atoms with E-state index in [2.05, 4.69) is 12.2 Å². The first-order valence-electron chi connectivity index (χ1n) is 6.92. The molecule has 110 valence electrons. The minimum atomic E-state index is -0.808. The third kappa shape index (κ3) is 3.66. The lowest BCUT2D eigenvalue weighted by molar-refractivity contribution is -0.387. The van der Waals surface area contributed by atoms with Crippen molar-refractivity contribution in [3.63, 3.8) is 0 Å². The van der Waals surface area contributed by atoms with Gasteiger partial charge >= 0.3 is 5.69 Å². The first-order chi connectivity index (χ1) is 9.60. The van der Waals surface area contributed by atoms with E-state index in [-0.39, 0.29) is 12.1 Å². The molecule has 0 radical (unpaired) electrons. The van der Waals surface area contributed by atoms with Gasteiger partial charge in [0.15, 0.2) is 0 Å². The van der Waals surface area contributed by atoms with Gasteiger partial charge in [0, 0.05) is 30.5 Å². The summed E-state index contributed by atoms with van der Waals surface area (Å²) < 4.78 is 19.2. The van der Waals surface area contributed by atoms with Crippen molar-refractivity contribution in [2.24, 2.45) is 0 Å². The third-order valence-electron chi connectivity index (χ3n) is 3.49. The molecular weight excluding hydrogens is 263 g/mol. The predicted octanol–water partition coefficient (Wildman–Crippen LogP) is 3.49. The van der Waals surface area contributed by atoms with E-state index >= 15 is 0 Å². The van der Waals surface area contributed by atoms with Crippen LogP contribution in [0.15, 0.2) is 18.2 Å². The van der Waals surface area contributed by atoms with Gasteiger partial charge in [-0.25, -0.2) is 0 Å². The van der Waals surface area contributed by atoms with Crippen LogP contribution < -0.4 is 5.32 Å². The molecule has 1 N–H and O–H groups in total. The van der Waals surface area contributed by atoms with Gasteiger partial charge in [0.2, 0.25) is 5.82 Å². The molecule has 1 fully saturated rings. The van der Waals surface area contributed by atoms with E-state index in [1.54, 1.807) is 6.07 Å². The fraction of sp³-hybridized carbons (Fsp3) is 0.571. The summed E-state index contributed by atoms with van der Waals surface area (Å²) in [5, 5.41) is 13.8. The Morgan fingerprint density at radius 1 is 1.55 bits per heavy atom. The Morgan fingerprint density at radius 3 is 3.00 bits per heavy atom. The van der Waals surface area contributed by atoms with Gasteiger partial charge in [-0.05, 0) is 25.3 Å². The zero-order valence-corrected chi connectivity index (χ0v) is 11.5. The minimum Gasteiger partial charge on any atom is -0.382 e. The summed E-state index contributed by atoms with van der Waals surface area (Å²) in [7, 11) is 0. The first-order valence-corrected chi connectivity index (χ1v) is 6.92. The second-order valence-electron chi connectivity index (χ2n) is 5.07. The zero-order valence-electron chi connectivity index (χ0n) is 11.5. The van der Waals surface area contributed by atoms with E-state index in [4.69, 9.17) is 4.74 Å². The van der Waals surface area contributed by atoms with Crippen molar-refractivity contribution in [3.05, 3.63) is 34.1 Å². The maximum absolute atomic E-state index is 13.5. The summed E-state index contributed by atoms with van der Waals surface area (Å²) in [6.07, 6.45) is 4.08. The summed E-state index contributed by atoms with van der Waals surface area (Å²) in [4.78, 5) is 9.85. The van der Waals surface area contributed by atoms with Crippen LogP contribution in [-0.2, 0) is 4.74 Å². The Labute approximate surface area is 117 Å². The van der Waals surface area contributed by atoms with Crippen molar-refractivity contribution in [1.82, 2.24) is 0 Å². The molecule has 5 nitrogen and oxygen atoms in total. The highest BCUT2D eigenvalue weighted by Crippen LogP contribution is 2.24. The number of halogens is 1. The molecule has 6 heteroatoms. The van der Waals surface area contributed by atoms with E-state index in [1.165, 1.54) is 12.1 Å². The molecule has 1 aliphatic rings. The molecule has 0 bridgehead atoms. The number of ether oxygens (including phenoxy) is 1. The largest absolute Gasteiger partial charge is 0.382 e. The number of hydrogen-bond acceptors (Lipinski definition) is 4. The monoisotopic (exact) mass is 282 g/mol. The van der Waals surface area contributed by atoms with E-state index in [0.29, 0.717) is 12.3 Å². The zero-order chi connectivity index (χ0) is 14.5. The minimum absolute atomic E-state index is 0.223. The van der Waals surface area contributed by atoms with E-state index in [0.717, 1.165) is 25.7 Å². The Balaban J connectivity index is 1.99. The SMILES string of the molecule is CCCC1CC(Nc2ccc([N+](=O)[O-])c(F)c2)CCO1. The third-order valence-corrected chi connectivity index (χ3v) is 3.49. The average molecular weight is 282 g/mol. The summed E-state index contributed by atoms with van der Waals surface area (Å²) >= 11 is 0. The second-order valence-corrected chi connectivity index (χ2v) is 5.07. The topological polar surface area (TPSA) is 64.4 Å². The number of rotatable bonds is 5. The van der Waals surface area contributed by atoms with Crippen LogP contribution in [0.5, 0.6) is 0 Å². The van der Waals surface area contributed by atoms with Crippen molar-refractivity contribution in [1.29, 1.82) is 0 Å². The Hall–Kier alpha value is -1.69. The lowest BCUT2D eigenvalue weighted by Crippen LogP contribution is -2.34. The summed E-state index contributed by atoms with van der Waals surface area (Å²) in [6.45, 7) is 2.81. The molecule has 1 saturated heterocycles. The summed E-state index contributed by atoms with van der Waals surface area (Å²) in [5.41, 5.74) is 0.0848. The highest BCUT2D eigenvalue weighted by atomic mass is 19.1. The smallest absolute Gasteiger partial charge is 0.304 e. The van der Waals surface area contributed by atoms with Crippen LogP contribution in [0.2, 0.25) is 0 Å². The standard InChI is InChI=1S/C14H19FN2O3/c1-2-3-12-8-11(6-7-20-12)16-10-4-5-14(17(18)19)13(15)9-10/h4-5,9,11-12,16H,2-3,6-8H2,1H3. The van der Waals surface area contributed by atoms with Crippen molar-refractivity contribution >= 4 is 11.4 Å². The quantitative estimate of drug-likeness (QED) is 0.663. The fourth-order valence-electron chi connectivity index (χ4n) is 2.51. The van der Waals surface area contributed by atoms with Gasteiger partial charge in [0.05, 0.1) is 11.0 Å². The van der Waals surface area contributed by atoms with Crippen LogP contribution >= 0.6 is 0 Å². The number of benzene rings is 1. The molecule has 2 atom stereocenters. The predicted molar refractivity (Wildman–Crippen MR) is 74.3 cm³/mol. The van der Waals surface area contributed by atoms with Gasteiger partial charge in [-0.1, -0.05) is 13.3 Å². The molecule has 2 unspecified atom stereocenters. The van der Waals surface area contributed by atoms with Gasteiger partial charge in [-0.15, -0.1) is 0 Å². The maximum atomic E-state index is 13.5. The summed E-state index contributed by atoms with van der Waals surface area (Å²) in [5.74, 6) is -0.808. The molecule has 1 heterocycles. The number of nitrogens with one attached hydrogen (secondary N) is 1. The lowest BCUT2D eigenvalue weighted by atomic mass is 10.00. The Kier molecular flexibility index (Phi) is 4.89. The van der Waals surface area contributed by atoms with Crippen molar-refractivity contribution < 1.29 is 14.1 Å². The molecule has 1 aromatic carbocycles. The molecule has 1 aromatic rings. The Bertz CT molecular complexity index is 479. The van der Waals surface area contributed by atoms with Crippen LogP contribution in [-0.4, -0.2) is 23.7 Å². The van der Waals surface area contributed by atoms with Crippen LogP contribution in [0.3, 0.4) is 0 Å². The molecule has 0 aliphatic carbocycles. The molecule has 2 rings (SSSR count). The molecule has 1 aliphatic heterocycles. The van der Waals surface area contributed by atoms with Crippen LogP contribution in [0.25, 0.3) is 0 Å². The van der Waals surface area contributed by atoms with Gasteiger partial charge in [0.1, 0.15) is 0 Å². The molecule has 0 aromatic heterocycles. The molecule has 0 spiro atoms. The van der Waals surface area contributed by atoms with Crippen molar-refractivity contribution in [3.8, 4) is 0 Å². The van der Waals surface area contributed by atoms with Crippen LogP contribution in [0.4, 0.5) is 15.8 Å². The highest BCUT2D eigenvalue weighted by Gasteiger charge is 2.22. The fourth-order valence-corrected chi connectivity index (χ4v) is 2.51. The highest BCUT2D eigenvalue weighted by molar-refractivity contribution is 5.50. The first kappa shape index (κ1) is 14.7. The van der Waals surface area contributed by atoms with Crippen molar-refractivity contribution in [2.75, 3.05) is 11.9 Å². The second kappa shape index (κ2) is 6.65. The van der Waals surface area contributed by atoms with Crippen LogP contribution in [0, 0.1) is 15.9 Å². The van der Waals surface area contributed by atoms with Crippen LogP contribution in [0.1, 0.15) is 32.6 Å². The van der Waals surface area contributed by atoms with Gasteiger partial charge in [0.25, 0.3) is 0 Å². The van der Waals surface area contributed by atoms with Gasteiger partial charge < -0.3 is 10.1 Å². The summed E-state index contributed by atoms with van der Waals surface area (Å²) in [6, 6.07) is 4.15. The van der Waals surface area contributed by atoms with E-state index in [1.807, 2.05) is 0 Å². The average Bonchev–Trinajstić information content (AvgIpc) is 2.39. The number of nitrogens with zero attached hydrogens (tertiary/aromatic N) is 1. The number of nitro benzene ring substituents is 1. The number of anilines is 1. The molecular formula is C14H19FN2O3. The van der Waals surface area contributed by atoms with Gasteiger partial charge in [-0.3, -0.25) is 10.1 Å². The molecule has 20 heavy (non-hydrogen) atoms. The normalized spacial score (nSPS) is 22.5. The molecule has 0 amide bonds. The van der Waals surface area contributed by atoms with E-state index < -0.39 is 16.4 Å². The number of hydrogen-bond donors (Lipinski definition) is 1. The Morgan fingerprint density at radius 2 is 2.35 bits per heavy atom. The number of nitro groups is 1. The van der Waals surface area contributed by atoms with E-state index in [9.17, 15) is 14.5 Å². The lowest BCUT2D eigenvalue weighted by Gasteiger charge is -2.30. The van der Waals surface area contributed by atoms with Crippen molar-refractivity contribution in [2.45, 2.75) is 44.8 Å². The van der Waals surface area contributed by atoms with Gasteiger partial charge in [-0.2, -0.15) is 4.39 Å². The maximum Gasteiger partial charge on any atom is 0.304 e. The molecule has 0 saturated carbocycles.